The first kappa shape index (κ1) is 19.2. The first-order chi connectivity index (χ1) is 11.9. The van der Waals surface area contributed by atoms with E-state index in [0.717, 1.165) is 36.2 Å². The summed E-state index contributed by atoms with van der Waals surface area (Å²) in [5.74, 6) is -0.294. The summed E-state index contributed by atoms with van der Waals surface area (Å²) in [4.78, 5) is 14.7. The molecule has 1 heterocycles. The summed E-state index contributed by atoms with van der Waals surface area (Å²) in [6, 6.07) is 7.78. The molecule has 2 N–H and O–H groups in total. The second-order valence-electron chi connectivity index (χ2n) is 6.40. The molecule has 2 rings (SSSR count). The maximum atomic E-state index is 12.6. The summed E-state index contributed by atoms with van der Waals surface area (Å²) < 4.78 is 5.47. The summed E-state index contributed by atoms with van der Waals surface area (Å²) in [5, 5.41) is 6.74. The molecule has 0 fully saturated rings. The Kier molecular flexibility index (Phi) is 6.82. The number of benzene rings is 1. The number of hydrogen-bond acceptors (Lipinski definition) is 4. The van der Waals surface area contributed by atoms with Crippen LogP contribution in [0.2, 0.25) is 0 Å². The molecule has 5 nitrogen and oxygen atoms in total. The minimum absolute atomic E-state index is 0.294. The Labute approximate surface area is 155 Å². The highest BCUT2D eigenvalue weighted by Crippen LogP contribution is 2.29. The molecule has 0 aromatic heterocycles. The van der Waals surface area contributed by atoms with Gasteiger partial charge in [0.15, 0.2) is 5.11 Å². The van der Waals surface area contributed by atoms with Crippen molar-refractivity contribution in [1.29, 1.82) is 0 Å². The summed E-state index contributed by atoms with van der Waals surface area (Å²) in [5.41, 5.74) is 3.41. The second kappa shape index (κ2) is 8.85. The van der Waals surface area contributed by atoms with Crippen LogP contribution in [-0.2, 0) is 9.53 Å². The van der Waals surface area contributed by atoms with Crippen molar-refractivity contribution in [3.05, 3.63) is 41.1 Å². The molecule has 1 aliphatic heterocycles. The maximum absolute atomic E-state index is 12.6. The Morgan fingerprint density at radius 3 is 2.52 bits per heavy atom. The number of carbonyl (C=O) groups is 1. The van der Waals surface area contributed by atoms with Gasteiger partial charge >= 0.3 is 5.97 Å². The third kappa shape index (κ3) is 4.95. The van der Waals surface area contributed by atoms with Gasteiger partial charge in [-0.3, -0.25) is 0 Å². The number of hydrogen-bond donors (Lipinski definition) is 2. The number of rotatable bonds is 7. The van der Waals surface area contributed by atoms with Crippen molar-refractivity contribution in [2.75, 3.05) is 25.6 Å². The highest BCUT2D eigenvalue weighted by Gasteiger charge is 2.30. The van der Waals surface area contributed by atoms with Gasteiger partial charge in [0.2, 0.25) is 0 Å². The predicted octanol–water partition coefficient (Wildman–Crippen LogP) is 3.28. The van der Waals surface area contributed by atoms with Crippen molar-refractivity contribution >= 4 is 29.0 Å². The van der Waals surface area contributed by atoms with Crippen LogP contribution in [-0.4, -0.2) is 31.8 Å². The number of unbranched alkanes of at least 4 members (excludes halogenated alkanes) is 2. The summed E-state index contributed by atoms with van der Waals surface area (Å²) >= 11 is 5.27. The average molecular weight is 362 g/mol. The molecule has 1 unspecified atom stereocenters. The second-order valence-corrected chi connectivity index (χ2v) is 6.81. The van der Waals surface area contributed by atoms with Gasteiger partial charge in [-0.15, -0.1) is 0 Å². The normalized spacial score (nSPS) is 17.0. The van der Waals surface area contributed by atoms with Gasteiger partial charge in [-0.25, -0.2) is 4.79 Å². The van der Waals surface area contributed by atoms with E-state index < -0.39 is 0 Å². The minimum atomic E-state index is -0.302. The van der Waals surface area contributed by atoms with E-state index in [1.165, 1.54) is 0 Å². The van der Waals surface area contributed by atoms with E-state index in [1.807, 2.05) is 50.2 Å². The van der Waals surface area contributed by atoms with E-state index in [-0.39, 0.29) is 12.0 Å². The monoisotopic (exact) mass is 361 g/mol. The fourth-order valence-electron chi connectivity index (χ4n) is 2.77. The van der Waals surface area contributed by atoms with E-state index in [9.17, 15) is 4.79 Å². The quantitative estimate of drug-likeness (QED) is 0.442. The summed E-state index contributed by atoms with van der Waals surface area (Å²) in [6.45, 7) is 4.43. The van der Waals surface area contributed by atoms with Crippen LogP contribution in [0.5, 0.6) is 0 Å². The number of nitrogens with one attached hydrogen (secondary N) is 2. The van der Waals surface area contributed by atoms with E-state index in [1.54, 1.807) is 0 Å². The number of carbonyl (C=O) groups excluding carboxylic acids is 1. The molecule has 0 bridgehead atoms. The molecule has 0 saturated heterocycles. The Hall–Kier alpha value is -2.08. The van der Waals surface area contributed by atoms with Gasteiger partial charge in [0, 0.05) is 25.5 Å². The lowest BCUT2D eigenvalue weighted by atomic mass is 9.95. The lowest BCUT2D eigenvalue weighted by molar-refractivity contribution is -0.139. The molecule has 25 heavy (non-hydrogen) atoms. The number of esters is 1. The van der Waals surface area contributed by atoms with Crippen molar-refractivity contribution in [3.63, 3.8) is 0 Å². The fourth-order valence-corrected chi connectivity index (χ4v) is 3.04. The Morgan fingerprint density at radius 2 is 1.92 bits per heavy atom. The van der Waals surface area contributed by atoms with Crippen LogP contribution in [0.15, 0.2) is 35.5 Å². The van der Waals surface area contributed by atoms with Crippen molar-refractivity contribution in [2.45, 2.75) is 39.2 Å². The molecule has 0 saturated carbocycles. The number of anilines is 1. The molecule has 0 amide bonds. The number of allylic oxidation sites excluding steroid dienone is 1. The first-order valence-corrected chi connectivity index (χ1v) is 9.07. The molecule has 136 valence electrons. The van der Waals surface area contributed by atoms with Gasteiger partial charge in [-0.05, 0) is 43.3 Å². The van der Waals surface area contributed by atoms with Crippen molar-refractivity contribution in [3.8, 4) is 0 Å². The zero-order chi connectivity index (χ0) is 18.4. The van der Waals surface area contributed by atoms with Gasteiger partial charge in [0.1, 0.15) is 0 Å². The molecule has 0 radical (unpaired) electrons. The molecule has 6 heteroatoms. The number of nitrogens with zero attached hydrogens (tertiary/aromatic N) is 1. The largest absolute Gasteiger partial charge is 0.462 e. The molecular weight excluding hydrogens is 334 g/mol. The molecule has 1 aromatic rings. The first-order valence-electron chi connectivity index (χ1n) is 8.66. The maximum Gasteiger partial charge on any atom is 0.338 e. The smallest absolute Gasteiger partial charge is 0.338 e. The highest BCUT2D eigenvalue weighted by atomic mass is 32.1. The zero-order valence-corrected chi connectivity index (χ0v) is 16.2. The molecule has 1 aliphatic rings. The van der Waals surface area contributed by atoms with Gasteiger partial charge in [-0.1, -0.05) is 31.9 Å². The van der Waals surface area contributed by atoms with Crippen LogP contribution >= 0.6 is 12.2 Å². The predicted molar refractivity (Wildman–Crippen MR) is 106 cm³/mol. The Morgan fingerprint density at radius 1 is 1.24 bits per heavy atom. The van der Waals surface area contributed by atoms with Crippen molar-refractivity contribution in [1.82, 2.24) is 10.6 Å². The highest BCUT2D eigenvalue weighted by molar-refractivity contribution is 7.80. The third-order valence-corrected chi connectivity index (χ3v) is 4.43. The molecule has 0 aliphatic carbocycles. The lowest BCUT2D eigenvalue weighted by Crippen LogP contribution is -2.45. The lowest BCUT2D eigenvalue weighted by Gasteiger charge is -2.30. The molecule has 1 atom stereocenters. The Balaban J connectivity index is 2.22. The SMILES string of the molecule is CCCCCOC(=O)C1=C(C)NC(=S)NC1c1ccc(N(C)C)cc1. The van der Waals surface area contributed by atoms with E-state index in [4.69, 9.17) is 17.0 Å². The molecular formula is C19H27N3O2S. The van der Waals surface area contributed by atoms with Gasteiger partial charge in [0.05, 0.1) is 18.2 Å². The van der Waals surface area contributed by atoms with E-state index in [0.29, 0.717) is 17.3 Å². The van der Waals surface area contributed by atoms with Crippen LogP contribution in [0.3, 0.4) is 0 Å². The van der Waals surface area contributed by atoms with Crippen molar-refractivity contribution in [2.24, 2.45) is 0 Å². The van der Waals surface area contributed by atoms with Crippen LogP contribution in [0.4, 0.5) is 5.69 Å². The van der Waals surface area contributed by atoms with Crippen molar-refractivity contribution < 1.29 is 9.53 Å². The topological polar surface area (TPSA) is 53.6 Å². The van der Waals surface area contributed by atoms with Gasteiger partial charge in [0.25, 0.3) is 0 Å². The summed E-state index contributed by atoms with van der Waals surface area (Å²) in [6.07, 6.45) is 3.04. The van der Waals surface area contributed by atoms with E-state index in [2.05, 4.69) is 17.6 Å². The number of ether oxygens (including phenoxy) is 1. The van der Waals surface area contributed by atoms with Gasteiger partial charge < -0.3 is 20.3 Å². The molecule has 1 aromatic carbocycles. The average Bonchev–Trinajstić information content (AvgIpc) is 2.58. The molecule has 0 spiro atoms. The Bertz CT molecular complexity index is 653. The van der Waals surface area contributed by atoms with Crippen LogP contribution in [0, 0.1) is 0 Å². The van der Waals surface area contributed by atoms with Crippen LogP contribution in [0.1, 0.15) is 44.7 Å². The standard InChI is InChI=1S/C19H27N3O2S/c1-5-6-7-12-24-18(23)16-13(2)20-19(25)21-17(16)14-8-10-15(11-9-14)22(3)4/h8-11,17H,5-7,12H2,1-4H3,(H2,20,21,25). The van der Waals surface area contributed by atoms with Gasteiger partial charge in [-0.2, -0.15) is 0 Å². The minimum Gasteiger partial charge on any atom is -0.462 e. The van der Waals surface area contributed by atoms with Crippen LogP contribution < -0.4 is 15.5 Å². The number of thiocarbonyl (C=S) groups is 1. The van der Waals surface area contributed by atoms with Crippen LogP contribution in [0.25, 0.3) is 0 Å². The summed E-state index contributed by atoms with van der Waals surface area (Å²) in [7, 11) is 3.99. The fraction of sp³-hybridized carbons (Fsp3) is 0.474. The van der Waals surface area contributed by atoms with E-state index >= 15 is 0 Å². The zero-order valence-electron chi connectivity index (χ0n) is 15.4. The third-order valence-electron chi connectivity index (χ3n) is 4.21.